The monoisotopic (exact) mass is 618 g/mol. The minimum absolute atomic E-state index is 0.157. The summed E-state index contributed by atoms with van der Waals surface area (Å²) < 4.78 is 11.3. The number of unbranched alkanes of at least 4 members (excludes halogenated alkanes) is 3. The minimum atomic E-state index is -1.03. The van der Waals surface area contributed by atoms with E-state index >= 15 is 0 Å². The number of aromatic amines is 1. The molecule has 2 aromatic carbocycles. The fourth-order valence-corrected chi connectivity index (χ4v) is 6.43. The van der Waals surface area contributed by atoms with Gasteiger partial charge in [0.05, 0.1) is 12.8 Å². The lowest BCUT2D eigenvalue weighted by Gasteiger charge is -2.36. The van der Waals surface area contributed by atoms with Crippen LogP contribution in [0.2, 0.25) is 0 Å². The van der Waals surface area contributed by atoms with Crippen LogP contribution in [0.4, 0.5) is 0 Å². The maximum Gasteiger partial charge on any atom is 0.333 e. The first-order valence-electron chi connectivity index (χ1n) is 15.9. The van der Waals surface area contributed by atoms with Gasteiger partial charge < -0.3 is 24.7 Å². The molecule has 11 heteroatoms. The van der Waals surface area contributed by atoms with Crippen LogP contribution in [0.25, 0.3) is 10.9 Å². The molecule has 1 aliphatic carbocycles. The molecular formula is C34H42N4O7. The van der Waals surface area contributed by atoms with Gasteiger partial charge in [-0.15, -0.1) is 0 Å². The van der Waals surface area contributed by atoms with Crippen molar-refractivity contribution in [1.82, 2.24) is 20.7 Å². The lowest BCUT2D eigenvalue weighted by molar-refractivity contribution is -0.154. The van der Waals surface area contributed by atoms with Crippen LogP contribution >= 0.6 is 0 Å². The third-order valence-electron chi connectivity index (χ3n) is 8.81. The van der Waals surface area contributed by atoms with Crippen LogP contribution in [0.1, 0.15) is 93.1 Å². The van der Waals surface area contributed by atoms with Gasteiger partial charge in [0.15, 0.2) is 12.1 Å². The Morgan fingerprint density at radius 1 is 1.00 bits per heavy atom. The van der Waals surface area contributed by atoms with Gasteiger partial charge >= 0.3 is 5.97 Å². The maximum absolute atomic E-state index is 14.3. The highest BCUT2D eigenvalue weighted by molar-refractivity contribution is 5.95. The van der Waals surface area contributed by atoms with E-state index in [1.165, 1.54) is 0 Å². The van der Waals surface area contributed by atoms with Crippen LogP contribution in [-0.4, -0.2) is 58.5 Å². The average Bonchev–Trinajstić information content (AvgIpc) is 3.71. The van der Waals surface area contributed by atoms with E-state index in [1.54, 1.807) is 29.6 Å². The highest BCUT2D eigenvalue weighted by Crippen LogP contribution is 2.37. The number of H-pyrrole nitrogens is 1. The summed E-state index contributed by atoms with van der Waals surface area (Å²) in [6, 6.07) is 12.7. The molecule has 1 saturated carbocycles. The van der Waals surface area contributed by atoms with Gasteiger partial charge in [0.25, 0.3) is 0 Å². The molecule has 1 fully saturated rings. The number of carbonyl (C=O) groups is 4. The Morgan fingerprint density at radius 2 is 1.73 bits per heavy atom. The second-order valence-electron chi connectivity index (χ2n) is 11.8. The summed E-state index contributed by atoms with van der Waals surface area (Å²) in [5.74, 6) is -0.864. The molecule has 4 N–H and O–H groups in total. The Morgan fingerprint density at radius 3 is 2.44 bits per heavy atom. The highest BCUT2D eigenvalue weighted by Gasteiger charge is 2.40. The number of benzene rings is 2. The number of amides is 3. The SMILES string of the molecule is COc1ccc2[nH]c3c(c2c1)CCN(C(=O)CCCCCCC(=O)NO)[C@@H]3C(=O)NC(C(=O)OC1CCCC1)c1ccccc1. The Hall–Kier alpha value is -4.38. The van der Waals surface area contributed by atoms with Crippen molar-refractivity contribution in [3.05, 3.63) is 65.4 Å². The summed E-state index contributed by atoms with van der Waals surface area (Å²) in [7, 11) is 1.60. The maximum atomic E-state index is 14.3. The first-order valence-corrected chi connectivity index (χ1v) is 15.9. The Balaban J connectivity index is 1.39. The summed E-state index contributed by atoms with van der Waals surface area (Å²) in [5.41, 5.74) is 4.64. The summed E-state index contributed by atoms with van der Waals surface area (Å²) in [5, 5.41) is 12.6. The van der Waals surface area contributed by atoms with Crippen molar-refractivity contribution < 1.29 is 33.9 Å². The van der Waals surface area contributed by atoms with E-state index in [2.05, 4.69) is 10.3 Å². The summed E-state index contributed by atoms with van der Waals surface area (Å²) >= 11 is 0. The van der Waals surface area contributed by atoms with Gasteiger partial charge in [0.1, 0.15) is 11.9 Å². The van der Waals surface area contributed by atoms with E-state index in [9.17, 15) is 19.2 Å². The number of nitrogens with zero attached hydrogens (tertiary/aromatic N) is 1. The number of hydroxylamine groups is 1. The smallest absolute Gasteiger partial charge is 0.333 e. The molecular weight excluding hydrogens is 576 g/mol. The number of nitrogens with one attached hydrogen (secondary N) is 3. The quantitative estimate of drug-likeness (QED) is 0.0931. The molecule has 1 aromatic heterocycles. The molecule has 2 aliphatic rings. The van der Waals surface area contributed by atoms with E-state index in [1.807, 2.05) is 36.4 Å². The van der Waals surface area contributed by atoms with Gasteiger partial charge in [-0.05, 0) is 74.3 Å². The van der Waals surface area contributed by atoms with Crippen LogP contribution in [0, 0.1) is 0 Å². The molecule has 2 atom stereocenters. The molecule has 0 spiro atoms. The molecule has 3 aromatic rings. The second kappa shape index (κ2) is 15.1. The topological polar surface area (TPSA) is 150 Å². The van der Waals surface area contributed by atoms with E-state index in [0.29, 0.717) is 42.8 Å². The van der Waals surface area contributed by atoms with Crippen LogP contribution < -0.4 is 15.5 Å². The molecule has 240 valence electrons. The number of ether oxygens (including phenoxy) is 2. The normalized spacial score (nSPS) is 17.0. The Bertz CT molecular complexity index is 1500. The van der Waals surface area contributed by atoms with Gasteiger partial charge in [-0.25, -0.2) is 10.3 Å². The number of hydrogen-bond donors (Lipinski definition) is 4. The number of rotatable bonds is 13. The summed E-state index contributed by atoms with van der Waals surface area (Å²) in [6.07, 6.45) is 7.15. The molecule has 45 heavy (non-hydrogen) atoms. The summed E-state index contributed by atoms with van der Waals surface area (Å²) in [4.78, 5) is 57.7. The molecule has 0 saturated heterocycles. The molecule has 1 unspecified atom stereocenters. The molecule has 0 radical (unpaired) electrons. The van der Waals surface area contributed by atoms with Crippen molar-refractivity contribution in [2.75, 3.05) is 13.7 Å². The Labute approximate surface area is 262 Å². The average molecular weight is 619 g/mol. The predicted molar refractivity (Wildman–Crippen MR) is 166 cm³/mol. The zero-order valence-corrected chi connectivity index (χ0v) is 25.7. The number of fused-ring (bicyclic) bond motifs is 3. The molecule has 1 aliphatic heterocycles. The zero-order chi connectivity index (χ0) is 31.8. The highest BCUT2D eigenvalue weighted by atomic mass is 16.5. The number of methoxy groups -OCH3 is 1. The van der Waals surface area contributed by atoms with Crippen LogP contribution in [0.5, 0.6) is 5.75 Å². The van der Waals surface area contributed by atoms with E-state index in [0.717, 1.165) is 55.0 Å². The van der Waals surface area contributed by atoms with Crippen molar-refractivity contribution >= 4 is 34.6 Å². The zero-order valence-electron chi connectivity index (χ0n) is 25.7. The first-order chi connectivity index (χ1) is 21.9. The van der Waals surface area contributed by atoms with Crippen molar-refractivity contribution in [1.29, 1.82) is 0 Å². The van der Waals surface area contributed by atoms with Crippen LogP contribution in [-0.2, 0) is 30.3 Å². The Kier molecular flexibility index (Phi) is 10.7. The number of aromatic nitrogens is 1. The summed E-state index contributed by atoms with van der Waals surface area (Å²) in [6.45, 7) is 0.341. The van der Waals surface area contributed by atoms with Crippen LogP contribution in [0.15, 0.2) is 48.5 Å². The second-order valence-corrected chi connectivity index (χ2v) is 11.8. The van der Waals surface area contributed by atoms with Crippen molar-refractivity contribution in [3.63, 3.8) is 0 Å². The fraction of sp³-hybridized carbons (Fsp3) is 0.471. The number of hydrogen-bond acceptors (Lipinski definition) is 7. The molecule has 2 heterocycles. The van der Waals surface area contributed by atoms with Gasteiger partial charge in [-0.1, -0.05) is 43.2 Å². The first kappa shape index (κ1) is 32.0. The van der Waals surface area contributed by atoms with Gasteiger partial charge in [0, 0.05) is 30.3 Å². The van der Waals surface area contributed by atoms with E-state index < -0.39 is 29.9 Å². The van der Waals surface area contributed by atoms with Crippen molar-refractivity contribution in [2.24, 2.45) is 0 Å². The number of carbonyl (C=O) groups excluding carboxylic acids is 4. The number of esters is 1. The predicted octanol–water partition coefficient (Wildman–Crippen LogP) is 4.79. The minimum Gasteiger partial charge on any atom is -0.497 e. The standard InChI is InChI=1S/C34H42N4O7/c1-44-24-17-18-27-26(21-24)25-19-20-38(29(40)16-8-3-2-7-15-28(39)37-43)32(31(25)35-27)33(41)36-30(22-11-5-4-6-12-22)34(42)45-23-13-9-10-14-23/h4-6,11-12,17-18,21,23,30,32,35,43H,2-3,7-10,13-16,19-20H2,1H3,(H,36,41)(H,37,39)/t30?,32-/m0/s1. The van der Waals surface area contributed by atoms with E-state index in [4.69, 9.17) is 14.7 Å². The van der Waals surface area contributed by atoms with Gasteiger partial charge in [-0.2, -0.15) is 0 Å². The van der Waals surface area contributed by atoms with Crippen LogP contribution in [0.3, 0.4) is 0 Å². The molecule has 3 amide bonds. The third kappa shape index (κ3) is 7.65. The molecule has 0 bridgehead atoms. The lowest BCUT2D eigenvalue weighted by atomic mass is 9.95. The van der Waals surface area contributed by atoms with Crippen molar-refractivity contribution in [3.8, 4) is 5.75 Å². The van der Waals surface area contributed by atoms with Gasteiger partial charge in [0.2, 0.25) is 17.7 Å². The van der Waals surface area contributed by atoms with E-state index in [-0.39, 0.29) is 24.9 Å². The van der Waals surface area contributed by atoms with Gasteiger partial charge in [-0.3, -0.25) is 19.6 Å². The molecule has 5 rings (SSSR count). The third-order valence-corrected chi connectivity index (χ3v) is 8.81. The van der Waals surface area contributed by atoms with Crippen molar-refractivity contribution in [2.45, 2.75) is 88.8 Å². The molecule has 11 nitrogen and oxygen atoms in total. The lowest BCUT2D eigenvalue weighted by Crippen LogP contribution is -2.49. The largest absolute Gasteiger partial charge is 0.497 e. The fourth-order valence-electron chi connectivity index (χ4n) is 6.43.